The topological polar surface area (TPSA) is 29.9 Å². The molecule has 1 heterocycles. The molecule has 0 amide bonds. The van der Waals surface area contributed by atoms with Crippen LogP contribution >= 0.6 is 11.6 Å². The molecule has 0 saturated carbocycles. The third-order valence-corrected chi connectivity index (χ3v) is 3.98. The number of hydrogen-bond acceptors (Lipinski definition) is 2. The average Bonchev–Trinajstić information content (AvgIpc) is 2.67. The van der Waals surface area contributed by atoms with Crippen molar-refractivity contribution in [1.82, 2.24) is 15.1 Å². The fourth-order valence-corrected chi connectivity index (χ4v) is 2.31. The maximum Gasteiger partial charge on any atom is 0.128 e. The van der Waals surface area contributed by atoms with Crippen molar-refractivity contribution in [3.8, 4) is 0 Å². The highest BCUT2D eigenvalue weighted by molar-refractivity contribution is 6.31. The number of hydrogen-bond donors (Lipinski definition) is 1. The zero-order chi connectivity index (χ0) is 15.6. The van der Waals surface area contributed by atoms with E-state index in [1.54, 1.807) is 4.68 Å². The van der Waals surface area contributed by atoms with Gasteiger partial charge in [-0.05, 0) is 31.5 Å². The summed E-state index contributed by atoms with van der Waals surface area (Å²) in [5, 5.41) is 8.33. The zero-order valence-corrected chi connectivity index (χ0v) is 13.6. The third kappa shape index (κ3) is 3.83. The normalized spacial score (nSPS) is 11.4. The molecular formula is C16H21ClFN3. The summed E-state index contributed by atoms with van der Waals surface area (Å²) in [5.41, 5.74) is 3.32. The highest BCUT2D eigenvalue weighted by Gasteiger charge is 2.12. The monoisotopic (exact) mass is 309 g/mol. The summed E-state index contributed by atoms with van der Waals surface area (Å²) in [6, 6.07) is 5.60. The molecule has 1 aromatic heterocycles. The number of rotatable bonds is 5. The Balaban J connectivity index is 2.22. The molecule has 0 saturated heterocycles. The number of aromatic nitrogens is 2. The van der Waals surface area contributed by atoms with Gasteiger partial charge >= 0.3 is 0 Å². The molecule has 114 valence electrons. The van der Waals surface area contributed by atoms with Gasteiger partial charge in [-0.2, -0.15) is 5.10 Å². The molecular weight excluding hydrogens is 289 g/mol. The van der Waals surface area contributed by atoms with Gasteiger partial charge in [0.25, 0.3) is 0 Å². The molecule has 1 N–H and O–H groups in total. The first-order valence-corrected chi connectivity index (χ1v) is 7.46. The van der Waals surface area contributed by atoms with E-state index < -0.39 is 0 Å². The minimum Gasteiger partial charge on any atom is -0.310 e. The quantitative estimate of drug-likeness (QED) is 0.909. The van der Waals surface area contributed by atoms with E-state index in [1.807, 2.05) is 26.0 Å². The first kappa shape index (κ1) is 16.0. The standard InChI is InChI=1S/C16H21ClFN3/c1-10(2)19-8-13-5-6-15(18)14(7-13)9-21-12(4)16(17)11(3)20-21/h5-7,10,19H,8-9H2,1-4H3. The summed E-state index contributed by atoms with van der Waals surface area (Å²) in [7, 11) is 0. The lowest BCUT2D eigenvalue weighted by Gasteiger charge is -2.11. The van der Waals surface area contributed by atoms with Crippen LogP contribution in [0.15, 0.2) is 18.2 Å². The van der Waals surface area contributed by atoms with Crippen LogP contribution in [0.1, 0.15) is 36.4 Å². The minimum absolute atomic E-state index is 0.216. The Bertz CT molecular complexity index is 635. The number of benzene rings is 1. The number of halogens is 2. The second-order valence-corrected chi connectivity index (χ2v) is 5.98. The SMILES string of the molecule is Cc1nn(Cc2cc(CNC(C)C)ccc2F)c(C)c1Cl. The molecule has 0 unspecified atom stereocenters. The highest BCUT2D eigenvalue weighted by Crippen LogP contribution is 2.21. The van der Waals surface area contributed by atoms with Crippen molar-refractivity contribution in [3.05, 3.63) is 51.6 Å². The molecule has 5 heteroatoms. The first-order chi connectivity index (χ1) is 9.88. The lowest BCUT2D eigenvalue weighted by molar-refractivity contribution is 0.569. The van der Waals surface area contributed by atoms with Crippen LogP contribution < -0.4 is 5.32 Å². The van der Waals surface area contributed by atoms with Crippen LogP contribution in [0.3, 0.4) is 0 Å². The molecule has 3 nitrogen and oxygen atoms in total. The molecule has 0 aliphatic rings. The predicted octanol–water partition coefficient (Wildman–Crippen LogP) is 3.84. The maximum atomic E-state index is 14.0. The van der Waals surface area contributed by atoms with Crippen molar-refractivity contribution < 1.29 is 4.39 Å². The van der Waals surface area contributed by atoms with Crippen LogP contribution in [0, 0.1) is 19.7 Å². The molecule has 0 aliphatic heterocycles. The minimum atomic E-state index is -0.216. The Labute approximate surface area is 130 Å². The summed E-state index contributed by atoms with van der Waals surface area (Å²) in [6.45, 7) is 9.03. The van der Waals surface area contributed by atoms with Gasteiger partial charge in [0.05, 0.1) is 23.0 Å². The maximum absolute atomic E-state index is 14.0. The van der Waals surface area contributed by atoms with Crippen molar-refractivity contribution in [2.45, 2.75) is 46.8 Å². The predicted molar refractivity (Wildman–Crippen MR) is 84.2 cm³/mol. The van der Waals surface area contributed by atoms with E-state index in [4.69, 9.17) is 11.6 Å². The largest absolute Gasteiger partial charge is 0.310 e. The van der Waals surface area contributed by atoms with Gasteiger partial charge in [0, 0.05) is 18.2 Å². The third-order valence-electron chi connectivity index (χ3n) is 3.44. The Morgan fingerprint density at radius 2 is 2.05 bits per heavy atom. The van der Waals surface area contributed by atoms with Gasteiger partial charge in [-0.25, -0.2) is 4.39 Å². The van der Waals surface area contributed by atoms with E-state index in [1.165, 1.54) is 6.07 Å². The van der Waals surface area contributed by atoms with Crippen molar-refractivity contribution in [3.63, 3.8) is 0 Å². The zero-order valence-electron chi connectivity index (χ0n) is 12.9. The molecule has 1 aromatic carbocycles. The lowest BCUT2D eigenvalue weighted by Crippen LogP contribution is -2.22. The molecule has 0 spiro atoms. The summed E-state index contributed by atoms with van der Waals surface area (Å²) >= 11 is 6.13. The van der Waals surface area contributed by atoms with E-state index in [2.05, 4.69) is 24.3 Å². The summed E-state index contributed by atoms with van der Waals surface area (Å²) in [4.78, 5) is 0. The van der Waals surface area contributed by atoms with E-state index in [0.717, 1.165) is 23.5 Å². The van der Waals surface area contributed by atoms with Crippen molar-refractivity contribution in [2.24, 2.45) is 0 Å². The molecule has 0 bridgehead atoms. The number of nitrogens with zero attached hydrogens (tertiary/aromatic N) is 2. The van der Waals surface area contributed by atoms with Crippen LogP contribution in [0.2, 0.25) is 5.02 Å². The van der Waals surface area contributed by atoms with Gasteiger partial charge in [0.15, 0.2) is 0 Å². The molecule has 2 aromatic rings. The molecule has 21 heavy (non-hydrogen) atoms. The Hall–Kier alpha value is -1.39. The second-order valence-electron chi connectivity index (χ2n) is 5.60. The van der Waals surface area contributed by atoms with Crippen LogP contribution in [-0.4, -0.2) is 15.8 Å². The lowest BCUT2D eigenvalue weighted by atomic mass is 10.1. The Kier molecular flexibility index (Phi) is 5.01. The van der Waals surface area contributed by atoms with Gasteiger partial charge in [0.1, 0.15) is 5.82 Å². The van der Waals surface area contributed by atoms with Gasteiger partial charge in [0.2, 0.25) is 0 Å². The van der Waals surface area contributed by atoms with E-state index in [0.29, 0.717) is 23.2 Å². The fourth-order valence-electron chi connectivity index (χ4n) is 2.17. The van der Waals surface area contributed by atoms with E-state index in [9.17, 15) is 4.39 Å². The van der Waals surface area contributed by atoms with Crippen molar-refractivity contribution >= 4 is 11.6 Å². The Morgan fingerprint density at radius 3 is 2.62 bits per heavy atom. The van der Waals surface area contributed by atoms with Gasteiger partial charge in [-0.1, -0.05) is 31.5 Å². The fraction of sp³-hybridized carbons (Fsp3) is 0.438. The second kappa shape index (κ2) is 6.58. The highest BCUT2D eigenvalue weighted by atomic mass is 35.5. The summed E-state index contributed by atoms with van der Waals surface area (Å²) in [6.07, 6.45) is 0. The van der Waals surface area contributed by atoms with Crippen molar-refractivity contribution in [2.75, 3.05) is 0 Å². The Morgan fingerprint density at radius 1 is 1.33 bits per heavy atom. The molecule has 0 aliphatic carbocycles. The van der Waals surface area contributed by atoms with Crippen LogP contribution in [0.5, 0.6) is 0 Å². The van der Waals surface area contributed by atoms with Crippen LogP contribution in [0.4, 0.5) is 4.39 Å². The summed E-state index contributed by atoms with van der Waals surface area (Å²) in [5.74, 6) is -0.216. The van der Waals surface area contributed by atoms with E-state index >= 15 is 0 Å². The van der Waals surface area contributed by atoms with Gasteiger partial charge in [-0.15, -0.1) is 0 Å². The van der Waals surface area contributed by atoms with Gasteiger partial charge in [-0.3, -0.25) is 4.68 Å². The molecule has 0 fully saturated rings. The first-order valence-electron chi connectivity index (χ1n) is 7.08. The average molecular weight is 310 g/mol. The van der Waals surface area contributed by atoms with Gasteiger partial charge < -0.3 is 5.32 Å². The number of nitrogens with one attached hydrogen (secondary N) is 1. The van der Waals surface area contributed by atoms with E-state index in [-0.39, 0.29) is 5.82 Å². The molecule has 0 radical (unpaired) electrons. The van der Waals surface area contributed by atoms with Crippen LogP contribution in [-0.2, 0) is 13.1 Å². The smallest absolute Gasteiger partial charge is 0.128 e. The molecule has 2 rings (SSSR count). The van der Waals surface area contributed by atoms with Crippen LogP contribution in [0.25, 0.3) is 0 Å². The van der Waals surface area contributed by atoms with Crippen molar-refractivity contribution in [1.29, 1.82) is 0 Å². The molecule has 0 atom stereocenters. The summed E-state index contributed by atoms with van der Waals surface area (Å²) < 4.78 is 15.7. The number of aryl methyl sites for hydroxylation is 1.